The summed E-state index contributed by atoms with van der Waals surface area (Å²) in [5.41, 5.74) is 3.53. The van der Waals surface area contributed by atoms with Crippen LogP contribution in [0.15, 0.2) is 49.1 Å². The number of nitrogens with one attached hydrogen (secondary N) is 1. The molecule has 0 radical (unpaired) electrons. The van der Waals surface area contributed by atoms with E-state index in [1.807, 2.05) is 32.0 Å². The maximum atomic E-state index is 12.9. The first kappa shape index (κ1) is 23.6. The minimum atomic E-state index is -1.08. The summed E-state index contributed by atoms with van der Waals surface area (Å²) >= 11 is 5.86. The Kier molecular flexibility index (Phi) is 7.31. The van der Waals surface area contributed by atoms with Crippen LogP contribution in [0.3, 0.4) is 0 Å². The molecule has 0 bridgehead atoms. The van der Waals surface area contributed by atoms with Gasteiger partial charge in [0.05, 0.1) is 36.7 Å². The average Bonchev–Trinajstić information content (AvgIpc) is 3.26. The van der Waals surface area contributed by atoms with Gasteiger partial charge in [-0.15, -0.1) is 0 Å². The molecule has 1 amide bonds. The number of rotatable bonds is 9. The van der Waals surface area contributed by atoms with Crippen molar-refractivity contribution >= 4 is 34.4 Å². The van der Waals surface area contributed by atoms with Crippen molar-refractivity contribution < 1.29 is 19.4 Å². The van der Waals surface area contributed by atoms with Gasteiger partial charge in [-0.05, 0) is 43.2 Å². The van der Waals surface area contributed by atoms with E-state index < -0.39 is 12.0 Å². The molecule has 1 aromatic carbocycles. The van der Waals surface area contributed by atoms with E-state index in [0.717, 1.165) is 16.8 Å². The highest BCUT2D eigenvalue weighted by atomic mass is 35.5. The largest absolute Gasteiger partial charge is 0.461 e. The smallest absolute Gasteiger partial charge is 0.269 e. The van der Waals surface area contributed by atoms with Gasteiger partial charge in [-0.1, -0.05) is 23.7 Å². The number of aliphatic hydroxyl groups excluding tert-OH is 1. The second-order valence-electron chi connectivity index (χ2n) is 7.52. The molecule has 4 rings (SSSR count). The van der Waals surface area contributed by atoms with E-state index in [4.69, 9.17) is 26.2 Å². The van der Waals surface area contributed by atoms with Gasteiger partial charge in [0.1, 0.15) is 17.5 Å². The standard InChI is InChI=1S/C23H23ClN6O4/c1-14-3-4-15(2)18(9-14)30-21-17(11-28-30)23(27-13-26-21)34-19(12-33-8-7-31)22(32)29-20-6-5-16(24)10-25-20/h3-6,9-11,13,19,31H,7-8,12H2,1-2H3,(H,25,29,32)/t19-/m0/s1. The summed E-state index contributed by atoms with van der Waals surface area (Å²) in [6.07, 6.45) is 3.29. The number of ether oxygens (including phenoxy) is 2. The molecule has 0 aliphatic carbocycles. The Balaban J connectivity index is 1.62. The molecule has 4 aromatic rings. The fourth-order valence-electron chi connectivity index (χ4n) is 3.25. The van der Waals surface area contributed by atoms with Crippen LogP contribution in [-0.4, -0.2) is 61.7 Å². The third kappa shape index (κ3) is 5.30. The number of halogens is 1. The number of carbonyl (C=O) groups excluding carboxylic acids is 1. The third-order valence-electron chi connectivity index (χ3n) is 4.95. The molecular formula is C23H23ClN6O4. The molecule has 176 valence electrons. The number of amides is 1. The van der Waals surface area contributed by atoms with Crippen LogP contribution >= 0.6 is 11.6 Å². The van der Waals surface area contributed by atoms with Crippen molar-refractivity contribution in [1.82, 2.24) is 24.7 Å². The van der Waals surface area contributed by atoms with E-state index in [-0.39, 0.29) is 25.7 Å². The minimum Gasteiger partial charge on any atom is -0.461 e. The van der Waals surface area contributed by atoms with Crippen LogP contribution in [0, 0.1) is 13.8 Å². The SMILES string of the molecule is Cc1ccc(C)c(-n2ncc3c(O[C@@H](COCCO)C(=O)Nc4ccc(Cl)cn4)ncnc32)c1. The predicted molar refractivity (Wildman–Crippen MR) is 126 cm³/mol. The lowest BCUT2D eigenvalue weighted by molar-refractivity contribution is -0.125. The molecule has 34 heavy (non-hydrogen) atoms. The maximum Gasteiger partial charge on any atom is 0.269 e. The number of hydrogen-bond acceptors (Lipinski definition) is 8. The molecule has 0 saturated carbocycles. The van der Waals surface area contributed by atoms with Gasteiger partial charge in [-0.3, -0.25) is 4.79 Å². The van der Waals surface area contributed by atoms with Gasteiger partial charge in [0, 0.05) is 6.20 Å². The van der Waals surface area contributed by atoms with E-state index in [1.54, 1.807) is 23.0 Å². The molecule has 11 heteroatoms. The summed E-state index contributed by atoms with van der Waals surface area (Å²) in [6, 6.07) is 9.24. The highest BCUT2D eigenvalue weighted by Gasteiger charge is 2.24. The normalized spacial score (nSPS) is 12.0. The molecule has 0 unspecified atom stereocenters. The number of aliphatic hydroxyl groups is 1. The highest BCUT2D eigenvalue weighted by Crippen LogP contribution is 2.26. The number of pyridine rings is 1. The van der Waals surface area contributed by atoms with Crippen molar-refractivity contribution in [3.05, 3.63) is 65.2 Å². The van der Waals surface area contributed by atoms with E-state index in [9.17, 15) is 4.79 Å². The van der Waals surface area contributed by atoms with Crippen LogP contribution < -0.4 is 10.1 Å². The number of aryl methyl sites for hydroxylation is 2. The molecule has 0 aliphatic heterocycles. The molecule has 2 N–H and O–H groups in total. The average molecular weight is 483 g/mol. The van der Waals surface area contributed by atoms with Gasteiger partial charge in [0.2, 0.25) is 12.0 Å². The van der Waals surface area contributed by atoms with E-state index >= 15 is 0 Å². The van der Waals surface area contributed by atoms with Crippen LogP contribution in [0.1, 0.15) is 11.1 Å². The zero-order chi connectivity index (χ0) is 24.1. The van der Waals surface area contributed by atoms with Crippen molar-refractivity contribution in [3.63, 3.8) is 0 Å². The Morgan fingerprint density at radius 3 is 2.79 bits per heavy atom. The van der Waals surface area contributed by atoms with Gasteiger partial charge >= 0.3 is 0 Å². The first-order valence-electron chi connectivity index (χ1n) is 10.5. The number of nitrogens with zero attached hydrogens (tertiary/aromatic N) is 5. The molecule has 0 spiro atoms. The van der Waals surface area contributed by atoms with E-state index in [2.05, 4.69) is 25.4 Å². The second-order valence-corrected chi connectivity index (χ2v) is 7.95. The van der Waals surface area contributed by atoms with Crippen LogP contribution in [0.5, 0.6) is 5.88 Å². The quantitative estimate of drug-likeness (QED) is 0.349. The van der Waals surface area contributed by atoms with Gasteiger partial charge < -0.3 is 19.9 Å². The van der Waals surface area contributed by atoms with Crippen molar-refractivity contribution in [2.75, 3.05) is 25.1 Å². The lowest BCUT2D eigenvalue weighted by atomic mass is 10.1. The monoisotopic (exact) mass is 482 g/mol. The summed E-state index contributed by atoms with van der Waals surface area (Å²) < 4.78 is 13.0. The van der Waals surface area contributed by atoms with E-state index in [1.165, 1.54) is 12.5 Å². The van der Waals surface area contributed by atoms with Crippen LogP contribution in [0.2, 0.25) is 5.02 Å². The minimum absolute atomic E-state index is 0.0517. The number of hydrogen-bond donors (Lipinski definition) is 2. The zero-order valence-electron chi connectivity index (χ0n) is 18.6. The van der Waals surface area contributed by atoms with Gasteiger partial charge in [0.15, 0.2) is 5.65 Å². The number of fused-ring (bicyclic) bond motifs is 1. The summed E-state index contributed by atoms with van der Waals surface area (Å²) in [5.74, 6) is -0.0134. The maximum absolute atomic E-state index is 12.9. The van der Waals surface area contributed by atoms with Crippen molar-refractivity contribution in [2.24, 2.45) is 0 Å². The zero-order valence-corrected chi connectivity index (χ0v) is 19.4. The second kappa shape index (κ2) is 10.6. The number of aromatic nitrogens is 5. The van der Waals surface area contributed by atoms with Gasteiger partial charge in [-0.25, -0.2) is 19.6 Å². The molecule has 3 aromatic heterocycles. The summed E-state index contributed by atoms with van der Waals surface area (Å²) in [5, 5.41) is 17.2. The summed E-state index contributed by atoms with van der Waals surface area (Å²) in [7, 11) is 0. The molecule has 10 nitrogen and oxygen atoms in total. The fourth-order valence-corrected chi connectivity index (χ4v) is 3.36. The molecule has 3 heterocycles. The van der Waals surface area contributed by atoms with Gasteiger partial charge in [0.25, 0.3) is 5.91 Å². The van der Waals surface area contributed by atoms with Gasteiger partial charge in [-0.2, -0.15) is 5.10 Å². The molecular weight excluding hydrogens is 460 g/mol. The van der Waals surface area contributed by atoms with Crippen molar-refractivity contribution in [1.29, 1.82) is 0 Å². The van der Waals surface area contributed by atoms with Crippen LogP contribution in [-0.2, 0) is 9.53 Å². The molecule has 0 aliphatic rings. The fraction of sp³-hybridized carbons (Fsp3) is 0.261. The molecule has 0 saturated heterocycles. The lowest BCUT2D eigenvalue weighted by Crippen LogP contribution is -2.37. The highest BCUT2D eigenvalue weighted by molar-refractivity contribution is 6.30. The molecule has 1 atom stereocenters. The lowest BCUT2D eigenvalue weighted by Gasteiger charge is -2.18. The molecule has 0 fully saturated rings. The third-order valence-corrected chi connectivity index (χ3v) is 5.18. The Bertz CT molecular complexity index is 1290. The van der Waals surface area contributed by atoms with Crippen LogP contribution in [0.4, 0.5) is 5.82 Å². The Labute approximate surface area is 200 Å². The topological polar surface area (TPSA) is 124 Å². The predicted octanol–water partition coefficient (Wildman–Crippen LogP) is 2.88. The number of carbonyl (C=O) groups is 1. The van der Waals surface area contributed by atoms with Crippen LogP contribution in [0.25, 0.3) is 16.7 Å². The first-order valence-corrected chi connectivity index (χ1v) is 10.9. The van der Waals surface area contributed by atoms with E-state index in [0.29, 0.717) is 21.9 Å². The first-order chi connectivity index (χ1) is 16.5. The van der Waals surface area contributed by atoms with Crippen molar-refractivity contribution in [3.8, 4) is 11.6 Å². The number of anilines is 1. The Hall–Kier alpha value is -3.60. The van der Waals surface area contributed by atoms with Crippen molar-refractivity contribution in [2.45, 2.75) is 20.0 Å². The number of benzene rings is 1. The summed E-state index contributed by atoms with van der Waals surface area (Å²) in [6.45, 7) is 3.74. The Morgan fingerprint density at radius 1 is 1.18 bits per heavy atom. The summed E-state index contributed by atoms with van der Waals surface area (Å²) in [4.78, 5) is 25.6. The Morgan fingerprint density at radius 2 is 2.03 bits per heavy atom.